The zero-order valence-electron chi connectivity index (χ0n) is 20.9. The molecular formula is C27H35NO6. The molecule has 184 valence electrons. The fourth-order valence-electron chi connectivity index (χ4n) is 4.15. The SMILES string of the molecule is CCOc1ccc(/C(O)=C2/C(=O)C(=O)N(CCCOC(C)C)C2c2ccc(C)o2)cc1C(C)C. The molecule has 1 aromatic heterocycles. The highest BCUT2D eigenvalue weighted by molar-refractivity contribution is 6.46. The molecule has 1 saturated heterocycles. The molecule has 7 heteroatoms. The van der Waals surface area contributed by atoms with Crippen LogP contribution in [0.1, 0.15) is 75.6 Å². The normalized spacial score (nSPS) is 17.9. The second-order valence-corrected chi connectivity index (χ2v) is 9.05. The van der Waals surface area contributed by atoms with Crippen LogP contribution in [0.4, 0.5) is 0 Å². The number of aryl methyl sites for hydroxylation is 1. The lowest BCUT2D eigenvalue weighted by atomic mass is 9.95. The fraction of sp³-hybridized carbons (Fsp3) is 0.481. The van der Waals surface area contributed by atoms with Crippen molar-refractivity contribution in [2.75, 3.05) is 19.8 Å². The topological polar surface area (TPSA) is 89.2 Å². The van der Waals surface area contributed by atoms with Crippen LogP contribution in [0, 0.1) is 6.92 Å². The van der Waals surface area contributed by atoms with E-state index in [9.17, 15) is 14.7 Å². The molecule has 0 aliphatic carbocycles. The number of furan rings is 1. The number of amides is 1. The summed E-state index contributed by atoms with van der Waals surface area (Å²) in [5.74, 6) is 0.383. The van der Waals surface area contributed by atoms with Gasteiger partial charge in [-0.25, -0.2) is 0 Å². The van der Waals surface area contributed by atoms with Crippen molar-refractivity contribution in [2.45, 2.75) is 66.0 Å². The van der Waals surface area contributed by atoms with Gasteiger partial charge in [0, 0.05) is 18.7 Å². The zero-order chi connectivity index (χ0) is 25.0. The van der Waals surface area contributed by atoms with Crippen LogP contribution in [0.5, 0.6) is 5.75 Å². The van der Waals surface area contributed by atoms with Crippen LogP contribution in [0.2, 0.25) is 0 Å². The maximum atomic E-state index is 13.1. The van der Waals surface area contributed by atoms with Crippen molar-refractivity contribution in [2.24, 2.45) is 0 Å². The molecule has 0 bridgehead atoms. The van der Waals surface area contributed by atoms with Crippen molar-refractivity contribution >= 4 is 17.4 Å². The summed E-state index contributed by atoms with van der Waals surface area (Å²) >= 11 is 0. The minimum atomic E-state index is -0.804. The lowest BCUT2D eigenvalue weighted by Crippen LogP contribution is -2.31. The predicted molar refractivity (Wildman–Crippen MR) is 130 cm³/mol. The molecule has 1 atom stereocenters. The van der Waals surface area contributed by atoms with Gasteiger partial charge >= 0.3 is 0 Å². The van der Waals surface area contributed by atoms with Crippen LogP contribution in [-0.2, 0) is 14.3 Å². The smallest absolute Gasteiger partial charge is 0.295 e. The van der Waals surface area contributed by atoms with E-state index in [0.29, 0.717) is 43.3 Å². The molecule has 1 aliphatic heterocycles. The largest absolute Gasteiger partial charge is 0.507 e. The van der Waals surface area contributed by atoms with Crippen LogP contribution in [0.25, 0.3) is 5.76 Å². The van der Waals surface area contributed by atoms with E-state index < -0.39 is 17.7 Å². The highest BCUT2D eigenvalue weighted by Crippen LogP contribution is 2.41. The molecule has 34 heavy (non-hydrogen) atoms. The van der Waals surface area contributed by atoms with Crippen molar-refractivity contribution in [1.82, 2.24) is 4.90 Å². The highest BCUT2D eigenvalue weighted by Gasteiger charge is 2.47. The van der Waals surface area contributed by atoms with E-state index in [-0.39, 0.29) is 23.4 Å². The lowest BCUT2D eigenvalue weighted by molar-refractivity contribution is -0.140. The molecule has 1 fully saturated rings. The van der Waals surface area contributed by atoms with Crippen molar-refractivity contribution in [3.05, 3.63) is 58.6 Å². The van der Waals surface area contributed by atoms with Gasteiger partial charge in [-0.3, -0.25) is 9.59 Å². The number of likely N-dealkylation sites (tertiary alicyclic amines) is 1. The first kappa shape index (κ1) is 25.6. The standard InChI is InChI=1S/C27H35NO6/c1-7-32-21-12-10-19(15-20(21)16(2)3)25(29)23-24(22-11-9-18(6)34-22)28(27(31)26(23)30)13-8-14-33-17(4)5/h9-12,15-17,24,29H,7-8,13-14H2,1-6H3/b25-23-. The minimum absolute atomic E-state index is 0.0305. The monoisotopic (exact) mass is 469 g/mol. The highest BCUT2D eigenvalue weighted by atomic mass is 16.5. The average Bonchev–Trinajstić information content (AvgIpc) is 3.32. The number of rotatable bonds is 10. The van der Waals surface area contributed by atoms with E-state index in [0.717, 1.165) is 11.3 Å². The van der Waals surface area contributed by atoms with E-state index in [1.165, 1.54) is 4.90 Å². The van der Waals surface area contributed by atoms with E-state index in [2.05, 4.69) is 0 Å². The third-order valence-corrected chi connectivity index (χ3v) is 5.77. The number of Topliss-reactive ketones (excluding diaryl/α,β-unsaturated/α-hetero) is 1. The summed E-state index contributed by atoms with van der Waals surface area (Å²) in [6.07, 6.45) is 0.635. The van der Waals surface area contributed by atoms with Gasteiger partial charge in [0.25, 0.3) is 11.7 Å². The lowest BCUT2D eigenvalue weighted by Gasteiger charge is -2.23. The van der Waals surface area contributed by atoms with E-state index in [4.69, 9.17) is 13.9 Å². The van der Waals surface area contributed by atoms with Gasteiger partial charge in [-0.2, -0.15) is 0 Å². The molecule has 3 rings (SSSR count). The molecule has 7 nitrogen and oxygen atoms in total. The quantitative estimate of drug-likeness (QED) is 0.218. The van der Waals surface area contributed by atoms with Crippen molar-refractivity contribution in [3.8, 4) is 5.75 Å². The fourth-order valence-corrected chi connectivity index (χ4v) is 4.15. The van der Waals surface area contributed by atoms with Gasteiger partial charge in [-0.1, -0.05) is 13.8 Å². The molecule has 1 aliphatic rings. The minimum Gasteiger partial charge on any atom is -0.507 e. The molecule has 1 N–H and O–H groups in total. The van der Waals surface area contributed by atoms with Crippen LogP contribution in [0.3, 0.4) is 0 Å². The first-order chi connectivity index (χ1) is 16.1. The maximum absolute atomic E-state index is 13.1. The number of aliphatic hydroxyl groups is 1. The average molecular weight is 470 g/mol. The van der Waals surface area contributed by atoms with Gasteiger partial charge in [-0.15, -0.1) is 0 Å². The van der Waals surface area contributed by atoms with Crippen LogP contribution in [-0.4, -0.2) is 47.6 Å². The number of ether oxygens (including phenoxy) is 2. The number of carbonyl (C=O) groups is 2. The summed E-state index contributed by atoms with van der Waals surface area (Å²) in [5, 5.41) is 11.3. The van der Waals surface area contributed by atoms with Crippen molar-refractivity contribution in [3.63, 3.8) is 0 Å². The third kappa shape index (κ3) is 5.36. The Kier molecular flexibility index (Phi) is 8.20. The molecule has 2 aromatic rings. The van der Waals surface area contributed by atoms with E-state index >= 15 is 0 Å². The van der Waals surface area contributed by atoms with E-state index in [1.54, 1.807) is 31.2 Å². The van der Waals surface area contributed by atoms with Gasteiger partial charge in [-0.05, 0) is 75.9 Å². The van der Waals surface area contributed by atoms with Gasteiger partial charge in [0.15, 0.2) is 0 Å². The maximum Gasteiger partial charge on any atom is 0.295 e. The predicted octanol–water partition coefficient (Wildman–Crippen LogP) is 5.35. The van der Waals surface area contributed by atoms with Gasteiger partial charge in [0.05, 0.1) is 18.3 Å². The first-order valence-electron chi connectivity index (χ1n) is 11.9. The van der Waals surface area contributed by atoms with Crippen LogP contribution in [0.15, 0.2) is 40.3 Å². The molecule has 2 heterocycles. The Morgan fingerprint density at radius 1 is 1.15 bits per heavy atom. The second-order valence-electron chi connectivity index (χ2n) is 9.05. The second kappa shape index (κ2) is 10.9. The summed E-state index contributed by atoms with van der Waals surface area (Å²) in [7, 11) is 0. The molecule has 1 amide bonds. The summed E-state index contributed by atoms with van der Waals surface area (Å²) in [6, 6.07) is 8.04. The molecule has 1 unspecified atom stereocenters. The van der Waals surface area contributed by atoms with Crippen molar-refractivity contribution < 1.29 is 28.6 Å². The Hall–Kier alpha value is -3.06. The van der Waals surface area contributed by atoms with Gasteiger partial charge in [0.2, 0.25) is 0 Å². The number of hydrogen-bond acceptors (Lipinski definition) is 6. The Labute approximate surface area is 201 Å². The first-order valence-corrected chi connectivity index (χ1v) is 11.9. The number of nitrogens with zero attached hydrogens (tertiary/aromatic N) is 1. The third-order valence-electron chi connectivity index (χ3n) is 5.77. The van der Waals surface area contributed by atoms with Crippen molar-refractivity contribution in [1.29, 1.82) is 0 Å². The Morgan fingerprint density at radius 3 is 2.47 bits per heavy atom. The number of benzene rings is 1. The Bertz CT molecular complexity index is 1060. The molecular weight excluding hydrogens is 434 g/mol. The van der Waals surface area contributed by atoms with Gasteiger partial charge in [0.1, 0.15) is 29.1 Å². The number of hydrogen-bond donors (Lipinski definition) is 1. The number of ketones is 1. The Morgan fingerprint density at radius 2 is 1.88 bits per heavy atom. The Balaban J connectivity index is 2.05. The van der Waals surface area contributed by atoms with Gasteiger partial charge < -0.3 is 23.9 Å². The summed E-state index contributed by atoms with van der Waals surface area (Å²) in [5.41, 5.74) is 1.40. The summed E-state index contributed by atoms with van der Waals surface area (Å²) in [4.78, 5) is 27.6. The van der Waals surface area contributed by atoms with Crippen LogP contribution < -0.4 is 4.74 Å². The molecule has 0 spiro atoms. The molecule has 0 radical (unpaired) electrons. The number of carbonyl (C=O) groups excluding carboxylic acids is 2. The molecule has 1 aromatic carbocycles. The summed E-state index contributed by atoms with van der Waals surface area (Å²) in [6.45, 7) is 13.0. The molecule has 0 saturated carbocycles. The summed E-state index contributed by atoms with van der Waals surface area (Å²) < 4.78 is 17.1. The van der Waals surface area contributed by atoms with Crippen LogP contribution >= 0.6 is 0 Å². The van der Waals surface area contributed by atoms with E-state index in [1.807, 2.05) is 40.7 Å². The zero-order valence-corrected chi connectivity index (χ0v) is 20.9. The number of aliphatic hydroxyl groups excluding tert-OH is 1.